The van der Waals surface area contributed by atoms with Gasteiger partial charge in [0.1, 0.15) is 0 Å². The maximum absolute atomic E-state index is 12.6. The van der Waals surface area contributed by atoms with Crippen molar-refractivity contribution in [1.29, 1.82) is 0 Å². The van der Waals surface area contributed by atoms with E-state index in [9.17, 15) is 8.42 Å². The quantitative estimate of drug-likeness (QED) is 0.732. The highest BCUT2D eigenvalue weighted by Gasteiger charge is 2.20. The van der Waals surface area contributed by atoms with Gasteiger partial charge in [-0.3, -0.25) is 0 Å². The van der Waals surface area contributed by atoms with Crippen LogP contribution in [0.1, 0.15) is 11.6 Å². The molecular formula is C18H20N2O2S2. The molecule has 1 atom stereocenters. The van der Waals surface area contributed by atoms with Crippen LogP contribution in [0, 0.1) is 0 Å². The summed E-state index contributed by atoms with van der Waals surface area (Å²) in [6.45, 7) is 0.332. The summed E-state index contributed by atoms with van der Waals surface area (Å²) in [5.74, 6) is 0. The van der Waals surface area contributed by atoms with Crippen molar-refractivity contribution >= 4 is 32.1 Å². The zero-order valence-electron chi connectivity index (χ0n) is 13.6. The zero-order valence-corrected chi connectivity index (χ0v) is 15.3. The van der Waals surface area contributed by atoms with Crippen molar-refractivity contribution in [1.82, 2.24) is 9.62 Å². The SMILES string of the molecule is CN(C)[C@@H](CNS(=O)(=O)c1ccc2ccccc2c1)c1ccsc1. The summed E-state index contributed by atoms with van der Waals surface area (Å²) in [5, 5.41) is 6.00. The fourth-order valence-electron chi connectivity index (χ4n) is 2.67. The number of sulfonamides is 1. The van der Waals surface area contributed by atoms with Gasteiger partial charge in [0.2, 0.25) is 10.0 Å². The third-order valence-corrected chi connectivity index (χ3v) is 6.17. The minimum atomic E-state index is -3.54. The standard InChI is InChI=1S/C18H20N2O2S2/c1-20(2)18(16-9-10-23-13-16)12-19-24(21,22)17-8-7-14-5-3-4-6-15(14)11-17/h3-11,13,18-19H,12H2,1-2H3/t18-/m0/s1. The lowest BCUT2D eigenvalue weighted by Gasteiger charge is -2.24. The number of benzene rings is 2. The molecule has 0 aliphatic carbocycles. The van der Waals surface area contributed by atoms with Crippen molar-refractivity contribution in [3.63, 3.8) is 0 Å². The number of thiophene rings is 1. The lowest BCUT2D eigenvalue weighted by molar-refractivity contribution is 0.300. The molecule has 6 heteroatoms. The van der Waals surface area contributed by atoms with E-state index in [0.29, 0.717) is 11.4 Å². The van der Waals surface area contributed by atoms with Crippen molar-refractivity contribution in [3.05, 3.63) is 64.9 Å². The summed E-state index contributed by atoms with van der Waals surface area (Å²) in [5.41, 5.74) is 1.12. The number of nitrogens with zero attached hydrogens (tertiary/aromatic N) is 1. The molecule has 3 rings (SSSR count). The number of likely N-dealkylation sites (N-methyl/N-ethyl adjacent to an activating group) is 1. The van der Waals surface area contributed by atoms with Gasteiger partial charge >= 0.3 is 0 Å². The summed E-state index contributed by atoms with van der Waals surface area (Å²) >= 11 is 1.61. The Hall–Kier alpha value is -1.73. The molecule has 0 amide bonds. The average molecular weight is 361 g/mol. The first-order chi connectivity index (χ1) is 11.5. The molecule has 0 unspecified atom stereocenters. The summed E-state index contributed by atoms with van der Waals surface area (Å²) in [4.78, 5) is 2.31. The van der Waals surface area contributed by atoms with E-state index in [0.717, 1.165) is 16.3 Å². The minimum Gasteiger partial charge on any atom is -0.301 e. The second-order valence-corrected chi connectivity index (χ2v) is 8.44. The maximum atomic E-state index is 12.6. The molecule has 0 saturated carbocycles. The molecule has 1 aromatic heterocycles. The fourth-order valence-corrected chi connectivity index (χ4v) is 4.45. The first kappa shape index (κ1) is 17.1. The Labute approximate surface area is 146 Å². The third kappa shape index (κ3) is 3.67. The van der Waals surface area contributed by atoms with Crippen LogP contribution in [0.15, 0.2) is 64.2 Å². The van der Waals surface area contributed by atoms with Crippen molar-refractivity contribution in [3.8, 4) is 0 Å². The third-order valence-electron chi connectivity index (χ3n) is 4.05. The number of hydrogen-bond acceptors (Lipinski definition) is 4. The Morgan fingerprint density at radius 1 is 1.08 bits per heavy atom. The monoisotopic (exact) mass is 360 g/mol. The largest absolute Gasteiger partial charge is 0.301 e. The molecule has 24 heavy (non-hydrogen) atoms. The van der Waals surface area contributed by atoms with Gasteiger partial charge in [0.05, 0.1) is 4.90 Å². The van der Waals surface area contributed by atoms with Crippen LogP contribution in [0.3, 0.4) is 0 Å². The van der Waals surface area contributed by atoms with Crippen LogP contribution >= 0.6 is 11.3 Å². The van der Waals surface area contributed by atoms with Gasteiger partial charge in [0, 0.05) is 12.6 Å². The molecule has 0 radical (unpaired) electrons. The van der Waals surface area contributed by atoms with E-state index < -0.39 is 10.0 Å². The molecular weight excluding hydrogens is 340 g/mol. The fraction of sp³-hybridized carbons (Fsp3) is 0.222. The second-order valence-electron chi connectivity index (χ2n) is 5.90. The second kappa shape index (κ2) is 7.03. The topological polar surface area (TPSA) is 49.4 Å². The Morgan fingerprint density at radius 2 is 1.83 bits per heavy atom. The number of nitrogens with one attached hydrogen (secondary N) is 1. The van der Waals surface area contributed by atoms with Crippen LogP contribution in [-0.4, -0.2) is 34.0 Å². The van der Waals surface area contributed by atoms with Gasteiger partial charge in [-0.1, -0.05) is 30.3 Å². The Balaban J connectivity index is 1.82. The van der Waals surface area contributed by atoms with Crippen molar-refractivity contribution in [2.24, 2.45) is 0 Å². The van der Waals surface area contributed by atoms with Gasteiger partial charge in [0.25, 0.3) is 0 Å². The van der Waals surface area contributed by atoms with E-state index in [1.54, 1.807) is 23.5 Å². The van der Waals surface area contributed by atoms with E-state index in [4.69, 9.17) is 0 Å². The Kier molecular flexibility index (Phi) is 5.01. The molecule has 2 aromatic carbocycles. The molecule has 0 aliphatic rings. The van der Waals surface area contributed by atoms with Gasteiger partial charge in [-0.2, -0.15) is 11.3 Å². The summed E-state index contributed by atoms with van der Waals surface area (Å²) in [7, 11) is 0.357. The van der Waals surface area contributed by atoms with Gasteiger partial charge in [-0.25, -0.2) is 13.1 Å². The minimum absolute atomic E-state index is 0.00600. The molecule has 0 aliphatic heterocycles. The number of rotatable bonds is 6. The number of fused-ring (bicyclic) bond motifs is 1. The van der Waals surface area contributed by atoms with Gasteiger partial charge in [-0.05, 0) is 59.4 Å². The number of hydrogen-bond donors (Lipinski definition) is 1. The predicted molar refractivity (Wildman–Crippen MR) is 99.9 cm³/mol. The average Bonchev–Trinajstić information content (AvgIpc) is 3.08. The summed E-state index contributed by atoms with van der Waals surface area (Å²) < 4.78 is 28.0. The molecule has 1 heterocycles. The van der Waals surface area contributed by atoms with E-state index in [-0.39, 0.29) is 6.04 Å². The zero-order chi connectivity index (χ0) is 17.2. The van der Waals surface area contributed by atoms with Crippen LogP contribution in [0.2, 0.25) is 0 Å². The highest BCUT2D eigenvalue weighted by molar-refractivity contribution is 7.89. The van der Waals surface area contributed by atoms with Gasteiger partial charge in [0.15, 0.2) is 0 Å². The van der Waals surface area contributed by atoms with Crippen LogP contribution < -0.4 is 4.72 Å². The molecule has 0 fully saturated rings. The van der Waals surface area contributed by atoms with Gasteiger partial charge < -0.3 is 4.90 Å². The maximum Gasteiger partial charge on any atom is 0.240 e. The van der Waals surface area contributed by atoms with Crippen molar-refractivity contribution in [2.45, 2.75) is 10.9 Å². The van der Waals surface area contributed by atoms with E-state index in [1.165, 1.54) is 0 Å². The van der Waals surface area contributed by atoms with Crippen LogP contribution in [0.5, 0.6) is 0 Å². The van der Waals surface area contributed by atoms with Crippen molar-refractivity contribution < 1.29 is 8.42 Å². The predicted octanol–water partition coefficient (Wildman–Crippen LogP) is 3.48. The van der Waals surface area contributed by atoms with E-state index in [2.05, 4.69) is 10.1 Å². The summed E-state index contributed by atoms with van der Waals surface area (Å²) in [6.07, 6.45) is 0. The molecule has 1 N–H and O–H groups in total. The molecule has 3 aromatic rings. The normalized spacial score (nSPS) is 13.5. The lowest BCUT2D eigenvalue weighted by Crippen LogP contribution is -2.34. The molecule has 0 bridgehead atoms. The highest BCUT2D eigenvalue weighted by atomic mass is 32.2. The molecule has 4 nitrogen and oxygen atoms in total. The molecule has 126 valence electrons. The Morgan fingerprint density at radius 3 is 2.50 bits per heavy atom. The lowest BCUT2D eigenvalue weighted by atomic mass is 10.1. The molecule has 0 spiro atoms. The van der Waals surface area contributed by atoms with Crippen LogP contribution in [0.25, 0.3) is 10.8 Å². The van der Waals surface area contributed by atoms with Crippen LogP contribution in [-0.2, 0) is 10.0 Å². The van der Waals surface area contributed by atoms with Crippen LogP contribution in [0.4, 0.5) is 0 Å². The first-order valence-electron chi connectivity index (χ1n) is 7.64. The molecule has 0 saturated heterocycles. The highest BCUT2D eigenvalue weighted by Crippen LogP contribution is 2.22. The Bertz CT molecular complexity index is 919. The van der Waals surface area contributed by atoms with Gasteiger partial charge in [-0.15, -0.1) is 0 Å². The summed E-state index contributed by atoms with van der Waals surface area (Å²) in [6, 6.07) is 15.0. The first-order valence-corrected chi connectivity index (χ1v) is 10.1. The van der Waals surface area contributed by atoms with Crippen molar-refractivity contribution in [2.75, 3.05) is 20.6 Å². The smallest absolute Gasteiger partial charge is 0.240 e. The van der Waals surface area contributed by atoms with E-state index >= 15 is 0 Å². The van der Waals surface area contributed by atoms with E-state index in [1.807, 2.05) is 60.8 Å².